The summed E-state index contributed by atoms with van der Waals surface area (Å²) < 4.78 is 5.46. The van der Waals surface area contributed by atoms with Crippen LogP contribution in [0.4, 0.5) is 0 Å². The molecule has 6 heteroatoms. The largest absolute Gasteiger partial charge is 0.355 e. The van der Waals surface area contributed by atoms with E-state index >= 15 is 0 Å². The van der Waals surface area contributed by atoms with E-state index in [-0.39, 0.29) is 18.4 Å². The highest BCUT2D eigenvalue weighted by Crippen LogP contribution is 2.29. The minimum atomic E-state index is -0.225. The van der Waals surface area contributed by atoms with Gasteiger partial charge in [-0.25, -0.2) is 0 Å². The van der Waals surface area contributed by atoms with Gasteiger partial charge in [0.15, 0.2) is 5.76 Å². The second-order valence-corrected chi connectivity index (χ2v) is 6.06. The molecule has 128 valence electrons. The number of rotatable bonds is 4. The minimum Gasteiger partial charge on any atom is -0.355 e. The van der Waals surface area contributed by atoms with Gasteiger partial charge >= 0.3 is 0 Å². The van der Waals surface area contributed by atoms with Crippen LogP contribution in [0.1, 0.15) is 10.4 Å². The lowest BCUT2D eigenvalue weighted by atomic mass is 10.1. The average Bonchev–Trinajstić information content (AvgIpc) is 3.04. The summed E-state index contributed by atoms with van der Waals surface area (Å²) in [6, 6.07) is 14.8. The van der Waals surface area contributed by atoms with Crippen molar-refractivity contribution < 1.29 is 14.1 Å². The number of hydrogen-bond acceptors (Lipinski definition) is 4. The van der Waals surface area contributed by atoms with Gasteiger partial charge in [-0.1, -0.05) is 35.5 Å². The smallest absolute Gasteiger partial charge is 0.254 e. The van der Waals surface area contributed by atoms with Gasteiger partial charge in [-0.3, -0.25) is 9.59 Å². The van der Waals surface area contributed by atoms with Crippen LogP contribution in [0, 0.1) is 0 Å². The van der Waals surface area contributed by atoms with Crippen molar-refractivity contribution in [1.82, 2.24) is 15.0 Å². The Kier molecular flexibility index (Phi) is 4.52. The molecule has 0 bridgehead atoms. The summed E-state index contributed by atoms with van der Waals surface area (Å²) in [4.78, 5) is 27.3. The van der Waals surface area contributed by atoms with Gasteiger partial charge in [-0.15, -0.1) is 0 Å². The van der Waals surface area contributed by atoms with Crippen molar-refractivity contribution >= 4 is 22.7 Å². The molecule has 0 aliphatic carbocycles. The van der Waals surface area contributed by atoms with E-state index in [1.807, 2.05) is 30.3 Å². The highest BCUT2D eigenvalue weighted by Gasteiger charge is 2.18. The number of amides is 2. The van der Waals surface area contributed by atoms with Crippen molar-refractivity contribution in [2.75, 3.05) is 27.7 Å². The van der Waals surface area contributed by atoms with Crippen molar-refractivity contribution in [2.24, 2.45) is 0 Å². The van der Waals surface area contributed by atoms with Crippen LogP contribution in [0.25, 0.3) is 22.2 Å². The minimum absolute atomic E-state index is 0.0268. The molecule has 0 unspecified atom stereocenters. The molecule has 0 N–H and O–H groups in total. The maximum atomic E-state index is 12.6. The summed E-state index contributed by atoms with van der Waals surface area (Å²) in [5.41, 5.74) is 2.06. The number of fused-ring (bicyclic) bond motifs is 1. The Morgan fingerprint density at radius 1 is 1.04 bits per heavy atom. The Morgan fingerprint density at radius 3 is 2.44 bits per heavy atom. The normalized spacial score (nSPS) is 10.7. The van der Waals surface area contributed by atoms with E-state index in [1.165, 1.54) is 9.80 Å². The van der Waals surface area contributed by atoms with Crippen LogP contribution in [-0.4, -0.2) is 54.5 Å². The third-order valence-corrected chi connectivity index (χ3v) is 3.98. The van der Waals surface area contributed by atoms with Crippen LogP contribution in [0.2, 0.25) is 0 Å². The Bertz CT molecular complexity index is 916. The van der Waals surface area contributed by atoms with E-state index in [4.69, 9.17) is 4.52 Å². The standard InChI is InChI=1S/C19H19N3O3/c1-21(2)17(23)12-22(3)19(24)14-9-10-16-15(11-14)18(25-20-16)13-7-5-4-6-8-13/h4-11H,12H2,1-3H3. The van der Waals surface area contributed by atoms with Crippen LogP contribution in [0.5, 0.6) is 0 Å². The van der Waals surface area contributed by atoms with Gasteiger partial charge in [0.05, 0.1) is 11.9 Å². The van der Waals surface area contributed by atoms with Crippen LogP contribution in [-0.2, 0) is 4.79 Å². The van der Waals surface area contributed by atoms with Crippen molar-refractivity contribution in [3.63, 3.8) is 0 Å². The molecule has 6 nitrogen and oxygen atoms in total. The zero-order chi connectivity index (χ0) is 18.0. The molecule has 2 amide bonds. The monoisotopic (exact) mass is 337 g/mol. The van der Waals surface area contributed by atoms with Gasteiger partial charge in [0.25, 0.3) is 5.91 Å². The fraction of sp³-hybridized carbons (Fsp3) is 0.211. The average molecular weight is 337 g/mol. The quantitative estimate of drug-likeness (QED) is 0.734. The second-order valence-electron chi connectivity index (χ2n) is 6.06. The van der Waals surface area contributed by atoms with Gasteiger partial charge in [-0.05, 0) is 18.2 Å². The zero-order valence-electron chi connectivity index (χ0n) is 14.4. The maximum Gasteiger partial charge on any atom is 0.254 e. The third-order valence-electron chi connectivity index (χ3n) is 3.98. The third kappa shape index (κ3) is 3.38. The lowest BCUT2D eigenvalue weighted by molar-refractivity contribution is -0.129. The number of likely N-dealkylation sites (N-methyl/N-ethyl adjacent to an activating group) is 2. The van der Waals surface area contributed by atoms with Gasteiger partial charge in [0, 0.05) is 32.3 Å². The fourth-order valence-corrected chi connectivity index (χ4v) is 2.51. The van der Waals surface area contributed by atoms with E-state index in [1.54, 1.807) is 39.3 Å². The number of hydrogen-bond donors (Lipinski definition) is 0. The van der Waals surface area contributed by atoms with Crippen LogP contribution in [0.3, 0.4) is 0 Å². The first-order valence-electron chi connectivity index (χ1n) is 7.88. The fourth-order valence-electron chi connectivity index (χ4n) is 2.51. The predicted molar refractivity (Wildman–Crippen MR) is 95.1 cm³/mol. The lowest BCUT2D eigenvalue weighted by Crippen LogP contribution is -2.37. The first kappa shape index (κ1) is 16.7. The van der Waals surface area contributed by atoms with Crippen molar-refractivity contribution in [1.29, 1.82) is 0 Å². The predicted octanol–water partition coefficient (Wildman–Crippen LogP) is 2.66. The molecule has 1 heterocycles. The molecule has 0 aliphatic rings. The molecular weight excluding hydrogens is 318 g/mol. The van der Waals surface area contributed by atoms with Crippen molar-refractivity contribution in [3.05, 3.63) is 54.1 Å². The van der Waals surface area contributed by atoms with Gasteiger partial charge in [-0.2, -0.15) is 0 Å². The second kappa shape index (κ2) is 6.76. The number of nitrogens with zero attached hydrogens (tertiary/aromatic N) is 3. The van der Waals surface area contributed by atoms with Gasteiger partial charge < -0.3 is 14.3 Å². The SMILES string of the molecule is CN(C)C(=O)CN(C)C(=O)c1ccc2noc(-c3ccccc3)c2c1. The summed E-state index contributed by atoms with van der Waals surface area (Å²) in [6.45, 7) is 0.0268. The first-order valence-corrected chi connectivity index (χ1v) is 7.88. The molecular formula is C19H19N3O3. The number of carbonyl (C=O) groups is 2. The maximum absolute atomic E-state index is 12.6. The lowest BCUT2D eigenvalue weighted by Gasteiger charge is -2.19. The highest BCUT2D eigenvalue weighted by molar-refractivity contribution is 6.01. The molecule has 0 fully saturated rings. The summed E-state index contributed by atoms with van der Waals surface area (Å²) in [5, 5.41) is 4.82. The van der Waals surface area contributed by atoms with Crippen molar-refractivity contribution in [2.45, 2.75) is 0 Å². The Labute approximate surface area is 145 Å². The van der Waals surface area contributed by atoms with Crippen molar-refractivity contribution in [3.8, 4) is 11.3 Å². The summed E-state index contributed by atoms with van der Waals surface area (Å²) >= 11 is 0. The molecule has 3 rings (SSSR count). The number of aromatic nitrogens is 1. The summed E-state index contributed by atoms with van der Waals surface area (Å²) in [5.74, 6) is 0.265. The van der Waals surface area contributed by atoms with E-state index in [0.29, 0.717) is 16.8 Å². The molecule has 0 atom stereocenters. The molecule has 0 saturated carbocycles. The molecule has 3 aromatic rings. The Hall–Kier alpha value is -3.15. The van der Waals surface area contributed by atoms with Crippen LogP contribution >= 0.6 is 0 Å². The molecule has 25 heavy (non-hydrogen) atoms. The van der Waals surface area contributed by atoms with Gasteiger partial charge in [0.2, 0.25) is 5.91 Å². The molecule has 0 spiro atoms. The number of benzene rings is 2. The summed E-state index contributed by atoms with van der Waals surface area (Å²) in [7, 11) is 4.94. The Morgan fingerprint density at radius 2 is 1.76 bits per heavy atom. The van der Waals surface area contributed by atoms with Crippen LogP contribution in [0.15, 0.2) is 53.1 Å². The zero-order valence-corrected chi connectivity index (χ0v) is 14.4. The highest BCUT2D eigenvalue weighted by atomic mass is 16.5. The molecule has 0 radical (unpaired) electrons. The van der Waals surface area contributed by atoms with Crippen LogP contribution < -0.4 is 0 Å². The van der Waals surface area contributed by atoms with E-state index in [9.17, 15) is 9.59 Å². The molecule has 2 aromatic carbocycles. The molecule has 0 saturated heterocycles. The first-order chi connectivity index (χ1) is 12.0. The van der Waals surface area contributed by atoms with E-state index in [2.05, 4.69) is 5.16 Å². The van der Waals surface area contributed by atoms with E-state index in [0.717, 1.165) is 10.9 Å². The Balaban J connectivity index is 1.93. The topological polar surface area (TPSA) is 66.7 Å². The van der Waals surface area contributed by atoms with Gasteiger partial charge in [0.1, 0.15) is 5.52 Å². The van der Waals surface area contributed by atoms with E-state index < -0.39 is 0 Å². The number of carbonyl (C=O) groups excluding carboxylic acids is 2. The molecule has 0 aliphatic heterocycles. The molecule has 1 aromatic heterocycles. The summed E-state index contributed by atoms with van der Waals surface area (Å²) in [6.07, 6.45) is 0.